The van der Waals surface area contributed by atoms with Crippen molar-refractivity contribution in [3.8, 4) is 0 Å². The van der Waals surface area contributed by atoms with Gasteiger partial charge in [0.2, 0.25) is 0 Å². The van der Waals surface area contributed by atoms with E-state index in [4.69, 9.17) is 11.6 Å². The van der Waals surface area contributed by atoms with Gasteiger partial charge < -0.3 is 4.57 Å². The molecule has 2 aromatic rings. The third kappa shape index (κ3) is 2.72. The van der Waals surface area contributed by atoms with Crippen molar-refractivity contribution in [2.24, 2.45) is 0 Å². The largest absolute Gasteiger partial charge is 0.347 e. The Balaban J connectivity index is 2.24. The van der Waals surface area contributed by atoms with Gasteiger partial charge in [0.1, 0.15) is 0 Å². The summed E-state index contributed by atoms with van der Waals surface area (Å²) in [6, 6.07) is 7.68. The molecule has 0 saturated carbocycles. The maximum absolute atomic E-state index is 12.0. The normalized spacial score (nSPS) is 11.0. The van der Waals surface area contributed by atoms with E-state index in [9.17, 15) is 9.18 Å². The van der Waals surface area contributed by atoms with Gasteiger partial charge >= 0.3 is 0 Å². The first-order valence-electron chi connectivity index (χ1n) is 6.07. The van der Waals surface area contributed by atoms with Crippen molar-refractivity contribution in [2.45, 2.75) is 25.8 Å². The molecule has 0 aliphatic carbocycles. The first-order valence-corrected chi connectivity index (χ1v) is 6.45. The van der Waals surface area contributed by atoms with Gasteiger partial charge in [0, 0.05) is 23.6 Å². The number of fused-ring (bicyclic) bond motifs is 1. The summed E-state index contributed by atoms with van der Waals surface area (Å²) < 4.78 is 14.0. The van der Waals surface area contributed by atoms with Crippen LogP contribution in [0.1, 0.15) is 29.6 Å². The standard InChI is InChI=1S/C14H15ClFNO/c15-14(18)12-10-17(9-5-1-4-8-16)13-7-3-2-6-11(12)13/h2-3,6-7,10H,1,4-5,8-9H2. The molecule has 0 saturated heterocycles. The lowest BCUT2D eigenvalue weighted by Crippen LogP contribution is -1.96. The van der Waals surface area contributed by atoms with E-state index in [2.05, 4.69) is 0 Å². The van der Waals surface area contributed by atoms with Crippen LogP contribution in [0.5, 0.6) is 0 Å². The molecule has 0 fully saturated rings. The summed E-state index contributed by atoms with van der Waals surface area (Å²) in [5, 5.41) is 0.441. The number of hydrogen-bond acceptors (Lipinski definition) is 1. The first kappa shape index (κ1) is 13.1. The SMILES string of the molecule is O=C(Cl)c1cn(CCCCCF)c2ccccc12. The van der Waals surface area contributed by atoms with Gasteiger partial charge in [0.15, 0.2) is 0 Å². The summed E-state index contributed by atoms with van der Waals surface area (Å²) in [5.41, 5.74) is 1.54. The molecule has 2 nitrogen and oxygen atoms in total. The van der Waals surface area contributed by atoms with Crippen molar-refractivity contribution in [3.05, 3.63) is 36.0 Å². The molecule has 1 aromatic heterocycles. The van der Waals surface area contributed by atoms with Gasteiger partial charge in [0.25, 0.3) is 5.24 Å². The van der Waals surface area contributed by atoms with E-state index in [0.717, 1.165) is 30.3 Å². The summed E-state index contributed by atoms with van der Waals surface area (Å²) >= 11 is 5.58. The van der Waals surface area contributed by atoms with Crippen LogP contribution in [-0.4, -0.2) is 16.5 Å². The number of rotatable bonds is 6. The Labute approximate surface area is 110 Å². The average molecular weight is 268 g/mol. The number of halogens is 2. The van der Waals surface area contributed by atoms with Crippen molar-refractivity contribution >= 4 is 27.7 Å². The molecule has 0 aliphatic heterocycles. The van der Waals surface area contributed by atoms with Gasteiger partial charge in [-0.3, -0.25) is 9.18 Å². The minimum Gasteiger partial charge on any atom is -0.347 e. The van der Waals surface area contributed by atoms with E-state index >= 15 is 0 Å². The van der Waals surface area contributed by atoms with Crippen LogP contribution in [0.25, 0.3) is 10.9 Å². The van der Waals surface area contributed by atoms with Crippen molar-refractivity contribution in [1.82, 2.24) is 4.57 Å². The molecule has 0 radical (unpaired) electrons. The van der Waals surface area contributed by atoms with Crippen molar-refractivity contribution in [3.63, 3.8) is 0 Å². The minimum absolute atomic E-state index is 0.266. The molecular weight excluding hydrogens is 253 g/mol. The third-order valence-corrected chi connectivity index (χ3v) is 3.24. The average Bonchev–Trinajstić information content (AvgIpc) is 2.74. The molecule has 1 heterocycles. The smallest absolute Gasteiger partial charge is 0.254 e. The zero-order valence-electron chi connectivity index (χ0n) is 10.0. The molecule has 1 aromatic carbocycles. The second kappa shape index (κ2) is 6.01. The number of para-hydroxylation sites is 1. The van der Waals surface area contributed by atoms with E-state index in [1.807, 2.05) is 28.8 Å². The molecule has 0 atom stereocenters. The summed E-state index contributed by atoms with van der Waals surface area (Å²) in [7, 11) is 0. The van der Waals surface area contributed by atoms with E-state index < -0.39 is 5.24 Å². The molecule has 0 N–H and O–H groups in total. The molecule has 2 rings (SSSR count). The molecule has 0 unspecified atom stereocenters. The van der Waals surface area contributed by atoms with Gasteiger partial charge in [-0.1, -0.05) is 18.2 Å². The highest BCUT2D eigenvalue weighted by molar-refractivity contribution is 6.68. The highest BCUT2D eigenvalue weighted by Crippen LogP contribution is 2.23. The van der Waals surface area contributed by atoms with Crippen LogP contribution in [0.4, 0.5) is 4.39 Å². The van der Waals surface area contributed by atoms with E-state index in [1.54, 1.807) is 6.20 Å². The Hall–Kier alpha value is -1.35. The Morgan fingerprint density at radius 3 is 2.72 bits per heavy atom. The lowest BCUT2D eigenvalue weighted by Gasteiger charge is -2.04. The number of benzene rings is 1. The predicted molar refractivity (Wildman–Crippen MR) is 71.9 cm³/mol. The third-order valence-electron chi connectivity index (χ3n) is 3.03. The summed E-state index contributed by atoms with van der Waals surface area (Å²) in [5.74, 6) is 0. The van der Waals surface area contributed by atoms with Crippen LogP contribution in [0, 0.1) is 0 Å². The summed E-state index contributed by atoms with van der Waals surface area (Å²) in [6.07, 6.45) is 4.14. The van der Waals surface area contributed by atoms with Gasteiger partial charge in [-0.05, 0) is 36.9 Å². The fraction of sp³-hybridized carbons (Fsp3) is 0.357. The van der Waals surface area contributed by atoms with Crippen molar-refractivity contribution in [1.29, 1.82) is 0 Å². The Morgan fingerprint density at radius 2 is 2.00 bits per heavy atom. The maximum atomic E-state index is 12.0. The quantitative estimate of drug-likeness (QED) is 0.569. The number of nitrogens with zero attached hydrogens (tertiary/aromatic N) is 1. The topological polar surface area (TPSA) is 22.0 Å². The van der Waals surface area contributed by atoms with E-state index in [1.165, 1.54) is 0 Å². The Morgan fingerprint density at radius 1 is 1.22 bits per heavy atom. The first-order chi connectivity index (χ1) is 8.74. The van der Waals surface area contributed by atoms with Gasteiger partial charge in [-0.25, -0.2) is 0 Å². The molecule has 0 spiro atoms. The van der Waals surface area contributed by atoms with Crippen LogP contribution < -0.4 is 0 Å². The second-order valence-corrected chi connectivity index (χ2v) is 4.62. The molecular formula is C14H15ClFNO. The van der Waals surface area contributed by atoms with Crippen LogP contribution in [0.15, 0.2) is 30.5 Å². The molecule has 18 heavy (non-hydrogen) atoms. The lowest BCUT2D eigenvalue weighted by atomic mass is 10.2. The fourth-order valence-electron chi connectivity index (χ4n) is 2.14. The number of unbranched alkanes of at least 4 members (excludes halogenated alkanes) is 2. The van der Waals surface area contributed by atoms with Crippen molar-refractivity contribution in [2.75, 3.05) is 6.67 Å². The molecule has 4 heteroatoms. The minimum atomic E-state index is -0.436. The maximum Gasteiger partial charge on any atom is 0.254 e. The Kier molecular flexibility index (Phi) is 4.37. The van der Waals surface area contributed by atoms with Crippen LogP contribution >= 0.6 is 11.6 Å². The number of aromatic nitrogens is 1. The van der Waals surface area contributed by atoms with Crippen LogP contribution in [-0.2, 0) is 6.54 Å². The Bertz CT molecular complexity index is 550. The van der Waals surface area contributed by atoms with Gasteiger partial charge in [-0.2, -0.15) is 0 Å². The number of carbonyl (C=O) groups excluding carboxylic acids is 1. The van der Waals surface area contributed by atoms with E-state index in [-0.39, 0.29) is 6.67 Å². The van der Waals surface area contributed by atoms with Crippen LogP contribution in [0.2, 0.25) is 0 Å². The molecule has 96 valence electrons. The number of alkyl halides is 1. The zero-order chi connectivity index (χ0) is 13.0. The predicted octanol–water partition coefficient (Wildman–Crippen LogP) is 4.16. The molecule has 0 bridgehead atoms. The highest BCUT2D eigenvalue weighted by atomic mass is 35.5. The lowest BCUT2D eigenvalue weighted by molar-refractivity contribution is 0.108. The van der Waals surface area contributed by atoms with Crippen LogP contribution in [0.3, 0.4) is 0 Å². The van der Waals surface area contributed by atoms with Gasteiger partial charge in [-0.15, -0.1) is 0 Å². The monoisotopic (exact) mass is 267 g/mol. The van der Waals surface area contributed by atoms with Crippen molar-refractivity contribution < 1.29 is 9.18 Å². The number of hydrogen-bond donors (Lipinski definition) is 0. The number of aryl methyl sites for hydroxylation is 1. The summed E-state index contributed by atoms with van der Waals surface area (Å²) in [6.45, 7) is 0.516. The molecule has 0 amide bonds. The van der Waals surface area contributed by atoms with Gasteiger partial charge in [0.05, 0.1) is 12.2 Å². The van der Waals surface area contributed by atoms with E-state index in [0.29, 0.717) is 12.0 Å². The second-order valence-electron chi connectivity index (χ2n) is 4.28. The fourth-order valence-corrected chi connectivity index (χ4v) is 2.29. The molecule has 0 aliphatic rings. The summed E-state index contributed by atoms with van der Waals surface area (Å²) in [4.78, 5) is 11.4. The zero-order valence-corrected chi connectivity index (χ0v) is 10.8. The number of carbonyl (C=O) groups is 1. The highest BCUT2D eigenvalue weighted by Gasteiger charge is 2.12.